The first-order valence-electron chi connectivity index (χ1n) is 5.45. The van der Waals surface area contributed by atoms with Gasteiger partial charge in [-0.1, -0.05) is 6.07 Å². The van der Waals surface area contributed by atoms with Gasteiger partial charge in [0.25, 0.3) is 0 Å². The summed E-state index contributed by atoms with van der Waals surface area (Å²) >= 11 is 0. The average molecular weight is 262 g/mol. The Morgan fingerprint density at radius 2 is 1.89 bits per heavy atom. The maximum Gasteiger partial charge on any atom is 0.416 e. The summed E-state index contributed by atoms with van der Waals surface area (Å²) in [6.45, 7) is 1.83. The Bertz CT molecular complexity index is 654. The number of alkyl halides is 3. The highest BCUT2D eigenvalue weighted by Gasteiger charge is 2.31. The average Bonchev–Trinajstić information content (AvgIpc) is 2.37. The first-order chi connectivity index (χ1) is 8.91. The number of hydrogen-bond acceptors (Lipinski definition) is 2. The monoisotopic (exact) mass is 262 g/mol. The standard InChI is InChI=1S/C14H9F3N2/c1-9-4-11(8-19-7-9)13-3-2-12(14(15,16)17)5-10(13)6-18/h2-5,7-8H,1H3. The zero-order valence-electron chi connectivity index (χ0n) is 9.99. The highest BCUT2D eigenvalue weighted by atomic mass is 19.4. The van der Waals surface area contributed by atoms with Crippen LogP contribution in [0, 0.1) is 18.3 Å². The van der Waals surface area contributed by atoms with E-state index in [1.165, 1.54) is 12.3 Å². The number of aromatic nitrogens is 1. The highest BCUT2D eigenvalue weighted by molar-refractivity contribution is 5.70. The van der Waals surface area contributed by atoms with Crippen molar-refractivity contribution in [2.45, 2.75) is 13.1 Å². The maximum absolute atomic E-state index is 12.6. The van der Waals surface area contributed by atoms with Gasteiger partial charge in [-0.25, -0.2) is 0 Å². The van der Waals surface area contributed by atoms with E-state index in [-0.39, 0.29) is 5.56 Å². The molecule has 0 bridgehead atoms. The summed E-state index contributed by atoms with van der Waals surface area (Å²) in [6.07, 6.45) is -1.29. The number of benzene rings is 1. The van der Waals surface area contributed by atoms with Gasteiger partial charge in [0.1, 0.15) is 0 Å². The maximum atomic E-state index is 12.6. The molecule has 19 heavy (non-hydrogen) atoms. The lowest BCUT2D eigenvalue weighted by Crippen LogP contribution is -2.05. The van der Waals surface area contributed by atoms with Gasteiger partial charge in [-0.3, -0.25) is 4.98 Å². The SMILES string of the molecule is Cc1cncc(-c2ccc(C(F)(F)F)cc2C#N)c1. The van der Waals surface area contributed by atoms with Crippen LogP contribution < -0.4 is 0 Å². The summed E-state index contributed by atoms with van der Waals surface area (Å²) in [5.41, 5.74) is 1.12. The molecule has 0 fully saturated rings. The molecule has 0 spiro atoms. The Labute approximate surface area is 108 Å². The van der Waals surface area contributed by atoms with Crippen LogP contribution in [0.4, 0.5) is 13.2 Å². The molecule has 1 aromatic carbocycles. The fraction of sp³-hybridized carbons (Fsp3) is 0.143. The van der Waals surface area contributed by atoms with Crippen LogP contribution in [0.25, 0.3) is 11.1 Å². The molecule has 2 aromatic rings. The Hall–Kier alpha value is -2.35. The number of hydrogen-bond donors (Lipinski definition) is 0. The van der Waals surface area contributed by atoms with E-state index in [9.17, 15) is 13.2 Å². The second kappa shape index (κ2) is 4.73. The van der Waals surface area contributed by atoms with Gasteiger partial charge in [0, 0.05) is 23.5 Å². The number of halogens is 3. The molecule has 0 aliphatic carbocycles. The molecule has 0 N–H and O–H groups in total. The van der Waals surface area contributed by atoms with Crippen LogP contribution in [0.1, 0.15) is 16.7 Å². The molecule has 2 nitrogen and oxygen atoms in total. The summed E-state index contributed by atoms with van der Waals surface area (Å²) < 4.78 is 37.7. The van der Waals surface area contributed by atoms with Crippen LogP contribution in [0.2, 0.25) is 0 Å². The molecule has 0 unspecified atom stereocenters. The molecule has 0 amide bonds. The summed E-state index contributed by atoms with van der Waals surface area (Å²) in [7, 11) is 0. The van der Waals surface area contributed by atoms with Gasteiger partial charge in [-0.2, -0.15) is 18.4 Å². The second-order valence-electron chi connectivity index (χ2n) is 4.12. The Morgan fingerprint density at radius 3 is 2.47 bits per heavy atom. The molecule has 1 heterocycles. The van der Waals surface area contributed by atoms with Gasteiger partial charge in [-0.05, 0) is 30.7 Å². The number of rotatable bonds is 1. The summed E-state index contributed by atoms with van der Waals surface area (Å²) in [5.74, 6) is 0. The van der Waals surface area contributed by atoms with Crippen molar-refractivity contribution in [3.05, 3.63) is 53.3 Å². The Morgan fingerprint density at radius 1 is 1.16 bits per heavy atom. The first-order valence-corrected chi connectivity index (χ1v) is 5.45. The second-order valence-corrected chi connectivity index (χ2v) is 4.12. The van der Waals surface area contributed by atoms with Crippen LogP contribution in [0.5, 0.6) is 0 Å². The van der Waals surface area contributed by atoms with Gasteiger partial charge in [0.05, 0.1) is 17.2 Å². The van der Waals surface area contributed by atoms with Gasteiger partial charge in [-0.15, -0.1) is 0 Å². The topological polar surface area (TPSA) is 36.7 Å². The molecule has 0 saturated carbocycles. The van der Waals surface area contributed by atoms with Gasteiger partial charge in [0.2, 0.25) is 0 Å². The number of nitriles is 1. The van der Waals surface area contributed by atoms with Crippen LogP contribution >= 0.6 is 0 Å². The van der Waals surface area contributed by atoms with Gasteiger partial charge in [0.15, 0.2) is 0 Å². The van der Waals surface area contributed by atoms with Crippen LogP contribution in [0.15, 0.2) is 36.7 Å². The van der Waals surface area contributed by atoms with Crippen molar-refractivity contribution in [3.8, 4) is 17.2 Å². The van der Waals surface area contributed by atoms with E-state index in [0.29, 0.717) is 11.1 Å². The summed E-state index contributed by atoms with van der Waals surface area (Å²) in [6, 6.07) is 6.71. The highest BCUT2D eigenvalue weighted by Crippen LogP contribution is 2.33. The van der Waals surface area contributed by atoms with Crippen molar-refractivity contribution in [3.63, 3.8) is 0 Å². The zero-order chi connectivity index (χ0) is 14.0. The van der Waals surface area contributed by atoms with E-state index in [2.05, 4.69) is 4.98 Å². The third kappa shape index (κ3) is 2.74. The third-order valence-corrected chi connectivity index (χ3v) is 2.65. The minimum atomic E-state index is -4.45. The first kappa shape index (κ1) is 13.1. The molecule has 96 valence electrons. The summed E-state index contributed by atoms with van der Waals surface area (Å²) in [4.78, 5) is 3.98. The minimum Gasteiger partial charge on any atom is -0.264 e. The Balaban J connectivity index is 2.57. The minimum absolute atomic E-state index is 0.0118. The fourth-order valence-corrected chi connectivity index (χ4v) is 1.77. The molecule has 0 saturated heterocycles. The lowest BCUT2D eigenvalue weighted by atomic mass is 9.98. The quantitative estimate of drug-likeness (QED) is 0.780. The number of pyridine rings is 1. The molecule has 2 rings (SSSR count). The predicted octanol–water partition coefficient (Wildman–Crippen LogP) is 3.95. The van der Waals surface area contributed by atoms with Crippen molar-refractivity contribution < 1.29 is 13.2 Å². The molecular formula is C14H9F3N2. The lowest BCUT2D eigenvalue weighted by Gasteiger charge is -2.10. The van der Waals surface area contributed by atoms with Crippen molar-refractivity contribution in [1.82, 2.24) is 4.98 Å². The van der Waals surface area contributed by atoms with Gasteiger partial charge >= 0.3 is 6.18 Å². The van der Waals surface area contributed by atoms with E-state index in [0.717, 1.165) is 17.7 Å². The molecule has 5 heteroatoms. The van der Waals surface area contributed by atoms with Crippen molar-refractivity contribution >= 4 is 0 Å². The molecule has 1 aromatic heterocycles. The van der Waals surface area contributed by atoms with Crippen molar-refractivity contribution in [2.75, 3.05) is 0 Å². The molecular weight excluding hydrogens is 253 g/mol. The van der Waals surface area contributed by atoms with Crippen molar-refractivity contribution in [2.24, 2.45) is 0 Å². The number of nitrogens with zero attached hydrogens (tertiary/aromatic N) is 2. The van der Waals surface area contributed by atoms with E-state index >= 15 is 0 Å². The van der Waals surface area contributed by atoms with Crippen LogP contribution in [0.3, 0.4) is 0 Å². The van der Waals surface area contributed by atoms with E-state index in [4.69, 9.17) is 5.26 Å². The normalized spacial score (nSPS) is 11.1. The molecule has 0 atom stereocenters. The molecule has 0 aliphatic heterocycles. The van der Waals surface area contributed by atoms with Crippen LogP contribution in [-0.2, 0) is 6.18 Å². The molecule has 0 radical (unpaired) electrons. The molecule has 0 aliphatic rings. The smallest absolute Gasteiger partial charge is 0.264 e. The van der Waals surface area contributed by atoms with Gasteiger partial charge < -0.3 is 0 Å². The van der Waals surface area contributed by atoms with E-state index in [1.54, 1.807) is 18.3 Å². The number of aryl methyl sites for hydroxylation is 1. The Kier molecular flexibility index (Phi) is 3.26. The lowest BCUT2D eigenvalue weighted by molar-refractivity contribution is -0.137. The largest absolute Gasteiger partial charge is 0.416 e. The fourth-order valence-electron chi connectivity index (χ4n) is 1.77. The summed E-state index contributed by atoms with van der Waals surface area (Å²) in [5, 5.41) is 9.00. The van der Waals surface area contributed by atoms with E-state index < -0.39 is 11.7 Å². The van der Waals surface area contributed by atoms with Crippen molar-refractivity contribution in [1.29, 1.82) is 5.26 Å². The van der Waals surface area contributed by atoms with Crippen LogP contribution in [-0.4, -0.2) is 4.98 Å². The third-order valence-electron chi connectivity index (χ3n) is 2.65. The van der Waals surface area contributed by atoms with E-state index in [1.807, 2.05) is 6.92 Å². The zero-order valence-corrected chi connectivity index (χ0v) is 9.99. The predicted molar refractivity (Wildman–Crippen MR) is 64.1 cm³/mol.